The molecule has 2 atom stereocenters. The van der Waals surface area contributed by atoms with Gasteiger partial charge in [0.2, 0.25) is 5.91 Å². The van der Waals surface area contributed by atoms with E-state index in [0.717, 1.165) is 44.9 Å². The van der Waals surface area contributed by atoms with Gasteiger partial charge < -0.3 is 20.3 Å². The van der Waals surface area contributed by atoms with Gasteiger partial charge in [-0.2, -0.15) is 0 Å². The Morgan fingerprint density at radius 3 is 1.06 bits per heavy atom. The summed E-state index contributed by atoms with van der Waals surface area (Å²) in [6.07, 6.45) is 69.3. The lowest BCUT2D eigenvalue weighted by molar-refractivity contribution is -0.143. The molecule has 0 aliphatic heterocycles. The molecule has 0 aliphatic rings. The number of allylic oxidation sites excluding steroid dienone is 2. The lowest BCUT2D eigenvalue weighted by atomic mass is 10.0. The first kappa shape index (κ1) is 66.6. The van der Waals surface area contributed by atoms with Gasteiger partial charge in [0.25, 0.3) is 0 Å². The first-order chi connectivity index (χ1) is 33.5. The summed E-state index contributed by atoms with van der Waals surface area (Å²) in [5.41, 5.74) is 0. The molecule has 0 saturated carbocycles. The van der Waals surface area contributed by atoms with Gasteiger partial charge in [-0.05, 0) is 51.4 Å². The standard InChI is InChI=1S/C62H121NO5/c1-3-5-7-9-11-13-15-17-18-27-31-34-38-42-46-50-54-60(65)59(58-64)63-61(66)55-51-47-43-39-35-32-28-25-23-21-19-20-22-24-26-29-33-37-41-45-49-53-57-68-62(67)56-52-48-44-40-36-30-16-14-12-10-8-6-4-2/h14,16,59-60,64-65H,3-13,15,17-58H2,1-2H3,(H,63,66)/b16-14-. The van der Waals surface area contributed by atoms with Crippen molar-refractivity contribution in [1.29, 1.82) is 0 Å². The van der Waals surface area contributed by atoms with E-state index in [9.17, 15) is 19.8 Å². The summed E-state index contributed by atoms with van der Waals surface area (Å²) in [5, 5.41) is 23.3. The van der Waals surface area contributed by atoms with Gasteiger partial charge in [0.15, 0.2) is 0 Å². The molecule has 0 aromatic heterocycles. The molecule has 0 heterocycles. The Kier molecular flexibility index (Phi) is 57.0. The van der Waals surface area contributed by atoms with E-state index >= 15 is 0 Å². The molecule has 68 heavy (non-hydrogen) atoms. The normalized spacial score (nSPS) is 12.6. The maximum Gasteiger partial charge on any atom is 0.305 e. The molecule has 3 N–H and O–H groups in total. The summed E-state index contributed by atoms with van der Waals surface area (Å²) in [5.74, 6) is -0.0278. The van der Waals surface area contributed by atoms with Crippen LogP contribution in [-0.4, -0.2) is 47.4 Å². The first-order valence-electron chi connectivity index (χ1n) is 30.9. The summed E-state index contributed by atoms with van der Waals surface area (Å²) in [4.78, 5) is 24.5. The molecule has 0 rings (SSSR count). The van der Waals surface area contributed by atoms with Crippen LogP contribution in [-0.2, 0) is 14.3 Å². The molecular formula is C62H121NO5. The summed E-state index contributed by atoms with van der Waals surface area (Å²) in [6.45, 7) is 4.96. The van der Waals surface area contributed by atoms with Crippen LogP contribution in [0.15, 0.2) is 12.2 Å². The van der Waals surface area contributed by atoms with Crippen molar-refractivity contribution in [2.75, 3.05) is 13.2 Å². The number of rotatable bonds is 58. The molecule has 6 heteroatoms. The van der Waals surface area contributed by atoms with Crippen molar-refractivity contribution in [1.82, 2.24) is 5.32 Å². The molecule has 0 fully saturated rings. The average Bonchev–Trinajstić information content (AvgIpc) is 3.34. The van der Waals surface area contributed by atoms with Crippen LogP contribution in [0.1, 0.15) is 348 Å². The van der Waals surface area contributed by atoms with E-state index in [1.54, 1.807) is 0 Å². The van der Waals surface area contributed by atoms with Crippen LogP contribution >= 0.6 is 0 Å². The van der Waals surface area contributed by atoms with E-state index in [2.05, 4.69) is 31.3 Å². The second-order valence-corrected chi connectivity index (χ2v) is 21.4. The predicted octanol–water partition coefficient (Wildman–Crippen LogP) is 19.2. The number of aliphatic hydroxyl groups excluding tert-OH is 2. The van der Waals surface area contributed by atoms with Gasteiger partial charge in [-0.15, -0.1) is 0 Å². The Morgan fingerprint density at radius 1 is 0.397 bits per heavy atom. The molecule has 0 aromatic rings. The van der Waals surface area contributed by atoms with Gasteiger partial charge in [0.1, 0.15) is 0 Å². The van der Waals surface area contributed by atoms with Crippen molar-refractivity contribution in [2.24, 2.45) is 0 Å². The molecule has 0 bridgehead atoms. The lowest BCUT2D eigenvalue weighted by Crippen LogP contribution is -2.45. The summed E-state index contributed by atoms with van der Waals surface area (Å²) >= 11 is 0. The number of carbonyl (C=O) groups is 2. The summed E-state index contributed by atoms with van der Waals surface area (Å²) in [6, 6.07) is -0.541. The maximum atomic E-state index is 12.5. The van der Waals surface area contributed by atoms with Crippen molar-refractivity contribution < 1.29 is 24.5 Å². The molecular weight excluding hydrogens is 839 g/mol. The second-order valence-electron chi connectivity index (χ2n) is 21.4. The zero-order chi connectivity index (χ0) is 49.3. The minimum absolute atomic E-state index is 0.00468. The number of esters is 1. The second kappa shape index (κ2) is 58.2. The van der Waals surface area contributed by atoms with E-state index in [1.807, 2.05) is 0 Å². The molecule has 6 nitrogen and oxygen atoms in total. The molecule has 0 spiro atoms. The number of unbranched alkanes of at least 4 members (excludes halogenated alkanes) is 45. The highest BCUT2D eigenvalue weighted by atomic mass is 16.5. The van der Waals surface area contributed by atoms with E-state index in [-0.39, 0.29) is 18.5 Å². The number of amides is 1. The number of carbonyl (C=O) groups excluding carboxylic acids is 2. The van der Waals surface area contributed by atoms with E-state index < -0.39 is 12.1 Å². The van der Waals surface area contributed by atoms with Crippen LogP contribution in [0.5, 0.6) is 0 Å². The SMILES string of the molecule is CCCCCC/C=C\CCCCCCCC(=O)OCCCCCCCCCCCCCCCCCCCCCCCCC(=O)NC(CO)C(O)CCCCCCCCCCCCCCCCCC. The van der Waals surface area contributed by atoms with Crippen LogP contribution < -0.4 is 5.32 Å². The van der Waals surface area contributed by atoms with Gasteiger partial charge in [-0.1, -0.05) is 296 Å². The molecule has 2 unspecified atom stereocenters. The fraction of sp³-hybridized carbons (Fsp3) is 0.935. The maximum absolute atomic E-state index is 12.5. The Morgan fingerprint density at radius 2 is 0.691 bits per heavy atom. The van der Waals surface area contributed by atoms with Crippen molar-refractivity contribution in [3.05, 3.63) is 12.2 Å². The van der Waals surface area contributed by atoms with Crippen molar-refractivity contribution in [3.63, 3.8) is 0 Å². The third-order valence-electron chi connectivity index (χ3n) is 14.6. The highest BCUT2D eigenvalue weighted by molar-refractivity contribution is 5.76. The van der Waals surface area contributed by atoms with E-state index in [0.29, 0.717) is 25.9 Å². The Balaban J connectivity index is 3.37. The third kappa shape index (κ3) is 53.9. The zero-order valence-electron chi connectivity index (χ0n) is 46.1. The largest absolute Gasteiger partial charge is 0.466 e. The summed E-state index contributed by atoms with van der Waals surface area (Å²) < 4.78 is 5.47. The number of hydrogen-bond acceptors (Lipinski definition) is 5. The van der Waals surface area contributed by atoms with Gasteiger partial charge in [0.05, 0.1) is 25.4 Å². The molecule has 0 aromatic carbocycles. The van der Waals surface area contributed by atoms with Gasteiger partial charge >= 0.3 is 5.97 Å². The minimum Gasteiger partial charge on any atom is -0.466 e. The van der Waals surface area contributed by atoms with Crippen LogP contribution in [0, 0.1) is 0 Å². The number of hydrogen-bond donors (Lipinski definition) is 3. The Hall–Kier alpha value is -1.40. The zero-order valence-corrected chi connectivity index (χ0v) is 46.1. The summed E-state index contributed by atoms with van der Waals surface area (Å²) in [7, 11) is 0. The van der Waals surface area contributed by atoms with Crippen LogP contribution in [0.4, 0.5) is 0 Å². The van der Waals surface area contributed by atoms with Crippen molar-refractivity contribution in [2.45, 2.75) is 360 Å². The molecule has 0 saturated heterocycles. The quantitative estimate of drug-likeness (QED) is 0.0321. The first-order valence-corrected chi connectivity index (χ1v) is 30.9. The van der Waals surface area contributed by atoms with E-state index in [1.165, 1.54) is 270 Å². The number of nitrogens with one attached hydrogen (secondary N) is 1. The fourth-order valence-electron chi connectivity index (χ4n) is 9.81. The fourth-order valence-corrected chi connectivity index (χ4v) is 9.81. The molecule has 0 aliphatic carbocycles. The van der Waals surface area contributed by atoms with Gasteiger partial charge in [-0.25, -0.2) is 0 Å². The predicted molar refractivity (Wildman–Crippen MR) is 297 cm³/mol. The molecule has 0 radical (unpaired) electrons. The van der Waals surface area contributed by atoms with Crippen molar-refractivity contribution in [3.8, 4) is 0 Å². The van der Waals surface area contributed by atoms with Gasteiger partial charge in [0, 0.05) is 12.8 Å². The highest BCUT2D eigenvalue weighted by Gasteiger charge is 2.20. The minimum atomic E-state index is -0.664. The monoisotopic (exact) mass is 960 g/mol. The van der Waals surface area contributed by atoms with Gasteiger partial charge in [-0.3, -0.25) is 9.59 Å². The topological polar surface area (TPSA) is 95.9 Å². The smallest absolute Gasteiger partial charge is 0.305 e. The highest BCUT2D eigenvalue weighted by Crippen LogP contribution is 2.18. The lowest BCUT2D eigenvalue weighted by Gasteiger charge is -2.22. The average molecular weight is 961 g/mol. The Bertz CT molecular complexity index is 1020. The van der Waals surface area contributed by atoms with E-state index in [4.69, 9.17) is 4.74 Å². The number of ether oxygens (including phenoxy) is 1. The van der Waals surface area contributed by atoms with Crippen LogP contribution in [0.2, 0.25) is 0 Å². The molecule has 404 valence electrons. The molecule has 1 amide bonds. The Labute approximate surface area is 425 Å². The van der Waals surface area contributed by atoms with Crippen LogP contribution in [0.25, 0.3) is 0 Å². The number of aliphatic hydroxyl groups is 2. The third-order valence-corrected chi connectivity index (χ3v) is 14.6. The van der Waals surface area contributed by atoms with Crippen molar-refractivity contribution >= 4 is 11.9 Å². The van der Waals surface area contributed by atoms with Crippen LogP contribution in [0.3, 0.4) is 0 Å².